The number of ether oxygens (including phenoxy) is 1. The molecule has 0 saturated carbocycles. The van der Waals surface area contributed by atoms with Crippen LogP contribution in [0.15, 0.2) is 60.9 Å². The Bertz CT molecular complexity index is 925. The Balaban J connectivity index is 1.50. The number of hydrogen-bond donors (Lipinski definition) is 2. The van der Waals surface area contributed by atoms with E-state index in [9.17, 15) is 9.59 Å². The van der Waals surface area contributed by atoms with E-state index in [0.29, 0.717) is 18.2 Å². The molecule has 3 rings (SSSR count). The van der Waals surface area contributed by atoms with Crippen molar-refractivity contribution in [3.63, 3.8) is 0 Å². The molecule has 0 radical (unpaired) electrons. The minimum absolute atomic E-state index is 0.101. The van der Waals surface area contributed by atoms with Gasteiger partial charge in [0.05, 0.1) is 6.42 Å². The van der Waals surface area contributed by atoms with Gasteiger partial charge < -0.3 is 15.4 Å². The van der Waals surface area contributed by atoms with Crippen LogP contribution in [0.4, 0.5) is 11.6 Å². The number of esters is 1. The van der Waals surface area contributed by atoms with E-state index in [1.807, 2.05) is 42.5 Å². The third-order valence-electron chi connectivity index (χ3n) is 3.90. The molecule has 7 heteroatoms. The largest absolute Gasteiger partial charge is 0.452 e. The summed E-state index contributed by atoms with van der Waals surface area (Å²) >= 11 is 0. The summed E-state index contributed by atoms with van der Waals surface area (Å²) in [4.78, 5) is 32.3. The average Bonchev–Trinajstić information content (AvgIpc) is 2.69. The summed E-state index contributed by atoms with van der Waals surface area (Å²) in [6.45, 7) is 1.87. The predicted octanol–water partition coefficient (Wildman–Crippen LogP) is 3.00. The van der Waals surface area contributed by atoms with Gasteiger partial charge in [-0.05, 0) is 24.4 Å². The highest BCUT2D eigenvalue weighted by atomic mass is 16.5. The molecule has 1 atom stereocenters. The lowest BCUT2D eigenvalue weighted by Crippen LogP contribution is -2.30. The first-order valence-corrected chi connectivity index (χ1v) is 8.62. The second-order valence-corrected chi connectivity index (χ2v) is 5.90. The van der Waals surface area contributed by atoms with E-state index in [1.54, 1.807) is 25.4 Å². The Morgan fingerprint density at radius 2 is 1.78 bits per heavy atom. The van der Waals surface area contributed by atoms with Crippen LogP contribution in [0, 0.1) is 0 Å². The Kier molecular flexibility index (Phi) is 5.94. The van der Waals surface area contributed by atoms with Gasteiger partial charge in [0.1, 0.15) is 0 Å². The summed E-state index contributed by atoms with van der Waals surface area (Å²) in [7, 11) is 0. The van der Waals surface area contributed by atoms with Crippen LogP contribution < -0.4 is 10.6 Å². The first-order chi connectivity index (χ1) is 13.1. The zero-order valence-corrected chi connectivity index (χ0v) is 14.9. The average molecular weight is 364 g/mol. The summed E-state index contributed by atoms with van der Waals surface area (Å²) in [5.74, 6) is -0.412. The maximum Gasteiger partial charge on any atom is 0.308 e. The normalized spacial score (nSPS) is 11.6. The highest BCUT2D eigenvalue weighted by Gasteiger charge is 2.18. The minimum atomic E-state index is -0.899. The van der Waals surface area contributed by atoms with Gasteiger partial charge in [-0.15, -0.1) is 0 Å². The van der Waals surface area contributed by atoms with Crippen molar-refractivity contribution in [3.05, 3.63) is 60.9 Å². The molecule has 2 N–H and O–H groups in total. The summed E-state index contributed by atoms with van der Waals surface area (Å²) < 4.78 is 5.20. The quantitative estimate of drug-likeness (QED) is 0.626. The molecule has 3 aromatic rings. The Labute approximate surface area is 156 Å². The van der Waals surface area contributed by atoms with Gasteiger partial charge in [-0.2, -0.15) is 0 Å². The minimum Gasteiger partial charge on any atom is -0.452 e. The van der Waals surface area contributed by atoms with Crippen molar-refractivity contribution in [1.29, 1.82) is 0 Å². The van der Waals surface area contributed by atoms with Crippen LogP contribution >= 0.6 is 0 Å². The fraction of sp³-hybridized carbons (Fsp3) is 0.200. The van der Waals surface area contributed by atoms with Crippen molar-refractivity contribution in [2.45, 2.75) is 19.4 Å². The molecule has 0 aliphatic rings. The number of rotatable bonds is 7. The Hall–Kier alpha value is -3.48. The summed E-state index contributed by atoms with van der Waals surface area (Å²) in [6, 6.07) is 15.1. The molecular formula is C20H20N4O3. The molecule has 0 saturated heterocycles. The van der Waals surface area contributed by atoms with Gasteiger partial charge in [-0.3, -0.25) is 9.59 Å². The van der Waals surface area contributed by atoms with E-state index in [4.69, 9.17) is 4.74 Å². The monoisotopic (exact) mass is 364 g/mol. The lowest BCUT2D eigenvalue weighted by molar-refractivity contribution is -0.152. The molecule has 2 aromatic carbocycles. The number of benzene rings is 2. The molecule has 138 valence electrons. The van der Waals surface area contributed by atoms with Crippen LogP contribution in [0.5, 0.6) is 0 Å². The number of fused-ring (bicyclic) bond motifs is 1. The van der Waals surface area contributed by atoms with E-state index in [2.05, 4.69) is 20.6 Å². The van der Waals surface area contributed by atoms with Gasteiger partial charge in [0, 0.05) is 30.0 Å². The SMILES string of the molecule is CC(OC(=O)CCNc1ncccn1)C(=O)Nc1cccc2ccccc12. The van der Waals surface area contributed by atoms with Crippen LogP contribution in [0.2, 0.25) is 0 Å². The molecule has 0 spiro atoms. The standard InChI is InChI=1S/C20H20N4O3/c1-14(27-18(25)10-13-23-20-21-11-5-12-22-20)19(26)24-17-9-4-7-15-6-2-3-8-16(15)17/h2-9,11-12,14H,10,13H2,1H3,(H,24,26)(H,21,22,23). The summed E-state index contributed by atoms with van der Waals surface area (Å²) in [5, 5.41) is 7.69. The Morgan fingerprint density at radius 3 is 2.59 bits per heavy atom. The molecular weight excluding hydrogens is 344 g/mol. The zero-order chi connectivity index (χ0) is 19.1. The summed E-state index contributed by atoms with van der Waals surface area (Å²) in [5.41, 5.74) is 0.684. The van der Waals surface area contributed by atoms with Crippen LogP contribution in [0.25, 0.3) is 10.8 Å². The van der Waals surface area contributed by atoms with Crippen LogP contribution in [-0.4, -0.2) is 34.5 Å². The summed E-state index contributed by atoms with van der Waals surface area (Å²) in [6.07, 6.45) is 2.41. The lowest BCUT2D eigenvalue weighted by atomic mass is 10.1. The number of anilines is 2. The topological polar surface area (TPSA) is 93.2 Å². The smallest absolute Gasteiger partial charge is 0.308 e. The highest BCUT2D eigenvalue weighted by Crippen LogP contribution is 2.23. The number of nitrogens with one attached hydrogen (secondary N) is 2. The predicted molar refractivity (Wildman–Crippen MR) is 103 cm³/mol. The first kappa shape index (κ1) is 18.3. The van der Waals surface area contributed by atoms with Crippen molar-refractivity contribution in [2.24, 2.45) is 0 Å². The highest BCUT2D eigenvalue weighted by molar-refractivity contribution is 6.03. The van der Waals surface area contributed by atoms with Crippen molar-refractivity contribution in [3.8, 4) is 0 Å². The van der Waals surface area contributed by atoms with Crippen molar-refractivity contribution in [2.75, 3.05) is 17.2 Å². The van der Waals surface area contributed by atoms with E-state index in [1.165, 1.54) is 0 Å². The molecule has 7 nitrogen and oxygen atoms in total. The molecule has 1 unspecified atom stereocenters. The first-order valence-electron chi connectivity index (χ1n) is 8.62. The maximum atomic E-state index is 12.4. The van der Waals surface area contributed by atoms with Gasteiger partial charge in [-0.25, -0.2) is 9.97 Å². The van der Waals surface area contributed by atoms with E-state index < -0.39 is 12.1 Å². The fourth-order valence-electron chi connectivity index (χ4n) is 2.55. The van der Waals surface area contributed by atoms with Gasteiger partial charge in [-0.1, -0.05) is 36.4 Å². The van der Waals surface area contributed by atoms with E-state index in [0.717, 1.165) is 10.8 Å². The number of aromatic nitrogens is 2. The van der Waals surface area contributed by atoms with E-state index >= 15 is 0 Å². The number of carbonyl (C=O) groups is 2. The number of amides is 1. The molecule has 1 aromatic heterocycles. The molecule has 0 aliphatic heterocycles. The second-order valence-electron chi connectivity index (χ2n) is 5.90. The van der Waals surface area contributed by atoms with Crippen LogP contribution in [0.1, 0.15) is 13.3 Å². The molecule has 0 bridgehead atoms. The molecule has 1 heterocycles. The van der Waals surface area contributed by atoms with Gasteiger partial charge in [0.25, 0.3) is 5.91 Å². The van der Waals surface area contributed by atoms with Crippen LogP contribution in [-0.2, 0) is 14.3 Å². The maximum absolute atomic E-state index is 12.4. The molecule has 27 heavy (non-hydrogen) atoms. The number of nitrogens with zero attached hydrogens (tertiary/aromatic N) is 2. The third-order valence-corrected chi connectivity index (χ3v) is 3.90. The number of carbonyl (C=O) groups excluding carboxylic acids is 2. The van der Waals surface area contributed by atoms with Gasteiger partial charge in [0.15, 0.2) is 6.10 Å². The van der Waals surface area contributed by atoms with Gasteiger partial charge >= 0.3 is 5.97 Å². The van der Waals surface area contributed by atoms with Crippen molar-refractivity contribution >= 4 is 34.3 Å². The van der Waals surface area contributed by atoms with Gasteiger partial charge in [0.2, 0.25) is 5.95 Å². The van der Waals surface area contributed by atoms with Crippen LogP contribution in [0.3, 0.4) is 0 Å². The third kappa shape index (κ3) is 5.01. The zero-order valence-electron chi connectivity index (χ0n) is 14.9. The molecule has 1 amide bonds. The Morgan fingerprint density at radius 1 is 1.04 bits per heavy atom. The molecule has 0 fully saturated rings. The number of hydrogen-bond acceptors (Lipinski definition) is 6. The second kappa shape index (κ2) is 8.75. The molecule has 0 aliphatic carbocycles. The van der Waals surface area contributed by atoms with Crippen molar-refractivity contribution in [1.82, 2.24) is 9.97 Å². The van der Waals surface area contributed by atoms with E-state index in [-0.39, 0.29) is 12.3 Å². The van der Waals surface area contributed by atoms with Crippen molar-refractivity contribution < 1.29 is 14.3 Å². The fourth-order valence-corrected chi connectivity index (χ4v) is 2.55. The lowest BCUT2D eigenvalue weighted by Gasteiger charge is -2.15.